The summed E-state index contributed by atoms with van der Waals surface area (Å²) < 4.78 is 29.6. The Hall–Kier alpha value is -2.07. The number of epoxide rings is 1. The molecule has 1 atom stereocenters. The highest BCUT2D eigenvalue weighted by Gasteiger charge is 2.24. The monoisotopic (exact) mass is 276 g/mol. The summed E-state index contributed by atoms with van der Waals surface area (Å²) in [5.74, 6) is -0.547. The van der Waals surface area contributed by atoms with Crippen LogP contribution in [0.2, 0.25) is 0 Å². The molecule has 0 aliphatic carbocycles. The van der Waals surface area contributed by atoms with Crippen LogP contribution in [0.25, 0.3) is 0 Å². The number of hydrogen-bond acceptors (Lipinski definition) is 2. The number of benzene rings is 2. The van der Waals surface area contributed by atoms with Crippen LogP contribution in [0.1, 0.15) is 28.9 Å². The van der Waals surface area contributed by atoms with E-state index in [1.54, 1.807) is 12.1 Å². The predicted octanol–water partition coefficient (Wildman–Crippen LogP) is 3.93. The third-order valence-electron chi connectivity index (χ3n) is 2.83. The van der Waals surface area contributed by atoms with E-state index >= 15 is 0 Å². The summed E-state index contributed by atoms with van der Waals surface area (Å²) in [6, 6.07) is 11.9. The first-order valence-corrected chi connectivity index (χ1v) is 6.20. The molecule has 0 spiro atoms. The van der Waals surface area contributed by atoms with Gasteiger partial charge in [0.05, 0.1) is 6.61 Å². The average molecular weight is 276 g/mol. The van der Waals surface area contributed by atoms with Crippen molar-refractivity contribution in [2.24, 2.45) is 0 Å². The summed E-state index contributed by atoms with van der Waals surface area (Å²) in [4.78, 5) is 10.6. The van der Waals surface area contributed by atoms with Crippen molar-refractivity contribution in [1.82, 2.24) is 0 Å². The van der Waals surface area contributed by atoms with E-state index < -0.39 is 0 Å². The quantitative estimate of drug-likeness (QED) is 0.614. The van der Waals surface area contributed by atoms with Gasteiger partial charge in [-0.25, -0.2) is 8.78 Å². The Bertz CT molecular complexity index is 572. The van der Waals surface area contributed by atoms with Crippen LogP contribution in [-0.2, 0) is 4.74 Å². The molecule has 0 N–H and O–H groups in total. The summed E-state index contributed by atoms with van der Waals surface area (Å²) in [5, 5.41) is 0. The number of hydrogen-bond donors (Lipinski definition) is 0. The zero-order valence-corrected chi connectivity index (χ0v) is 11.0. The first-order valence-electron chi connectivity index (χ1n) is 6.20. The summed E-state index contributed by atoms with van der Waals surface area (Å²) in [6.07, 6.45) is 0.237. The smallest absolute Gasteiger partial charge is 0.159 e. The van der Waals surface area contributed by atoms with Crippen LogP contribution in [0.3, 0.4) is 0 Å². The molecule has 1 saturated heterocycles. The minimum absolute atomic E-state index is 0.0417. The predicted molar refractivity (Wildman–Crippen MR) is 71.5 cm³/mol. The van der Waals surface area contributed by atoms with Gasteiger partial charge in [-0.15, -0.1) is 0 Å². The van der Waals surface area contributed by atoms with Crippen LogP contribution >= 0.6 is 0 Å². The van der Waals surface area contributed by atoms with Crippen molar-refractivity contribution in [1.29, 1.82) is 0 Å². The van der Waals surface area contributed by atoms with Gasteiger partial charge in [-0.05, 0) is 48.9 Å². The number of rotatable bonds is 2. The molecule has 0 saturated carbocycles. The molecule has 0 radical (unpaired) electrons. The van der Waals surface area contributed by atoms with E-state index in [9.17, 15) is 13.6 Å². The zero-order chi connectivity index (χ0) is 14.5. The fourth-order valence-corrected chi connectivity index (χ4v) is 1.60. The molecular formula is C16H14F2O2. The van der Waals surface area contributed by atoms with Gasteiger partial charge in [0.25, 0.3) is 0 Å². The Kier molecular flexibility index (Phi) is 4.58. The second-order valence-electron chi connectivity index (χ2n) is 4.44. The minimum atomic E-state index is -0.315. The lowest BCUT2D eigenvalue weighted by atomic mass is 10.1. The number of carbonyl (C=O) groups is 1. The SMILES string of the molecule is CC(=O)c1ccc(F)cc1.Fc1ccc([C@H]2CO2)cc1. The van der Waals surface area contributed by atoms with Gasteiger partial charge < -0.3 is 4.74 Å². The summed E-state index contributed by atoms with van der Waals surface area (Å²) in [7, 11) is 0. The van der Waals surface area contributed by atoms with E-state index in [1.807, 2.05) is 0 Å². The molecule has 104 valence electrons. The molecule has 0 unspecified atom stereocenters. The van der Waals surface area contributed by atoms with Crippen molar-refractivity contribution < 1.29 is 18.3 Å². The van der Waals surface area contributed by atoms with Crippen LogP contribution < -0.4 is 0 Å². The molecule has 2 nitrogen and oxygen atoms in total. The van der Waals surface area contributed by atoms with Gasteiger partial charge in [0, 0.05) is 5.56 Å². The number of halogens is 2. The molecule has 0 amide bonds. The fourth-order valence-electron chi connectivity index (χ4n) is 1.60. The Balaban J connectivity index is 0.000000147. The summed E-state index contributed by atoms with van der Waals surface area (Å²) in [6.45, 7) is 2.23. The second kappa shape index (κ2) is 6.39. The van der Waals surface area contributed by atoms with Crippen molar-refractivity contribution in [3.05, 3.63) is 71.3 Å². The van der Waals surface area contributed by atoms with Gasteiger partial charge in [-0.1, -0.05) is 12.1 Å². The van der Waals surface area contributed by atoms with Crippen molar-refractivity contribution in [3.8, 4) is 0 Å². The molecule has 0 bridgehead atoms. The molecular weight excluding hydrogens is 262 g/mol. The minimum Gasteiger partial charge on any atom is -0.368 e. The van der Waals surface area contributed by atoms with E-state index in [4.69, 9.17) is 4.74 Å². The fraction of sp³-hybridized carbons (Fsp3) is 0.188. The molecule has 1 aliphatic heterocycles. The lowest BCUT2D eigenvalue weighted by molar-refractivity contribution is 0.101. The van der Waals surface area contributed by atoms with Gasteiger partial charge in [-0.3, -0.25) is 4.79 Å². The maximum absolute atomic E-state index is 12.3. The normalized spacial score (nSPS) is 16.1. The highest BCUT2D eigenvalue weighted by atomic mass is 19.1. The van der Waals surface area contributed by atoms with Gasteiger partial charge in [0.1, 0.15) is 17.7 Å². The number of ketones is 1. The highest BCUT2D eigenvalue weighted by Crippen LogP contribution is 2.29. The molecule has 1 fully saturated rings. The second-order valence-corrected chi connectivity index (χ2v) is 4.44. The number of ether oxygens (including phenoxy) is 1. The van der Waals surface area contributed by atoms with Crippen LogP contribution in [-0.4, -0.2) is 12.4 Å². The van der Waals surface area contributed by atoms with Crippen molar-refractivity contribution in [3.63, 3.8) is 0 Å². The maximum Gasteiger partial charge on any atom is 0.159 e. The number of Topliss-reactive ketones (excluding diaryl/α,β-unsaturated/α-hetero) is 1. The Morgan fingerprint density at radius 3 is 1.85 bits per heavy atom. The lowest BCUT2D eigenvalue weighted by Gasteiger charge is -1.92. The van der Waals surface area contributed by atoms with Crippen molar-refractivity contribution in [2.45, 2.75) is 13.0 Å². The molecule has 2 aromatic rings. The Morgan fingerprint density at radius 2 is 1.45 bits per heavy atom. The molecule has 3 rings (SSSR count). The third kappa shape index (κ3) is 4.24. The van der Waals surface area contributed by atoms with E-state index in [0.29, 0.717) is 5.56 Å². The third-order valence-corrected chi connectivity index (χ3v) is 2.83. The first kappa shape index (κ1) is 14.3. The summed E-state index contributed by atoms with van der Waals surface area (Å²) in [5.41, 5.74) is 1.61. The van der Waals surface area contributed by atoms with E-state index in [2.05, 4.69) is 0 Å². The topological polar surface area (TPSA) is 29.6 Å². The van der Waals surface area contributed by atoms with E-state index in [-0.39, 0.29) is 23.5 Å². The number of carbonyl (C=O) groups excluding carboxylic acids is 1. The van der Waals surface area contributed by atoms with Crippen LogP contribution in [0, 0.1) is 11.6 Å². The van der Waals surface area contributed by atoms with Crippen LogP contribution in [0.5, 0.6) is 0 Å². The first-order chi connectivity index (χ1) is 9.56. The van der Waals surface area contributed by atoms with Crippen molar-refractivity contribution >= 4 is 5.78 Å². The average Bonchev–Trinajstić information content (AvgIpc) is 3.25. The molecule has 1 heterocycles. The van der Waals surface area contributed by atoms with Gasteiger partial charge in [-0.2, -0.15) is 0 Å². The van der Waals surface area contributed by atoms with Crippen molar-refractivity contribution in [2.75, 3.05) is 6.61 Å². The molecule has 4 heteroatoms. The Morgan fingerprint density at radius 1 is 1.00 bits per heavy atom. The lowest BCUT2D eigenvalue weighted by Crippen LogP contribution is -1.90. The highest BCUT2D eigenvalue weighted by molar-refractivity contribution is 5.93. The van der Waals surface area contributed by atoms with Gasteiger partial charge in [0.15, 0.2) is 5.78 Å². The summed E-state index contributed by atoms with van der Waals surface area (Å²) >= 11 is 0. The molecule has 20 heavy (non-hydrogen) atoms. The van der Waals surface area contributed by atoms with E-state index in [0.717, 1.165) is 12.2 Å². The maximum atomic E-state index is 12.3. The zero-order valence-electron chi connectivity index (χ0n) is 11.0. The van der Waals surface area contributed by atoms with Gasteiger partial charge >= 0.3 is 0 Å². The Labute approximate surface area is 116 Å². The molecule has 0 aromatic heterocycles. The molecule has 2 aromatic carbocycles. The van der Waals surface area contributed by atoms with Crippen LogP contribution in [0.15, 0.2) is 48.5 Å². The van der Waals surface area contributed by atoms with E-state index in [1.165, 1.54) is 43.3 Å². The standard InChI is InChI=1S/2C8H7FO/c9-7-3-1-6(2-4-7)8-5-10-8;1-6(10)7-2-4-8(9)5-3-7/h1-4,8H,5H2;2-5H,1H3/t8-;/m1./s1. The molecule has 1 aliphatic rings. The van der Waals surface area contributed by atoms with Gasteiger partial charge in [0.2, 0.25) is 0 Å². The van der Waals surface area contributed by atoms with Crippen LogP contribution in [0.4, 0.5) is 8.78 Å². The largest absolute Gasteiger partial charge is 0.368 e.